The fraction of sp³-hybridized carbons (Fsp3) is 0.167. The minimum atomic E-state index is -0.341. The van der Waals surface area contributed by atoms with E-state index in [1.165, 1.54) is 18.2 Å². The maximum atomic E-state index is 13.1. The highest BCUT2D eigenvalue weighted by Crippen LogP contribution is 2.21. The molecule has 0 fully saturated rings. The number of aromatic nitrogens is 2. The third-order valence-corrected chi connectivity index (χ3v) is 2.77. The van der Waals surface area contributed by atoms with E-state index in [0.29, 0.717) is 22.7 Å². The first-order valence-electron chi connectivity index (χ1n) is 4.96. The van der Waals surface area contributed by atoms with Crippen LogP contribution in [0.15, 0.2) is 24.4 Å². The van der Waals surface area contributed by atoms with Gasteiger partial charge in [-0.1, -0.05) is 11.6 Å². The average molecular weight is 250 g/mol. The van der Waals surface area contributed by atoms with Crippen LogP contribution in [0.2, 0.25) is 5.02 Å². The molecule has 1 heterocycles. The summed E-state index contributed by atoms with van der Waals surface area (Å²) in [5, 5.41) is 13.4. The summed E-state index contributed by atoms with van der Waals surface area (Å²) in [6.45, 7) is 0. The van der Waals surface area contributed by atoms with Crippen molar-refractivity contribution in [2.45, 2.75) is 6.42 Å². The Hall–Kier alpha value is -1.86. The van der Waals surface area contributed by atoms with Crippen LogP contribution in [-0.2, 0) is 13.5 Å². The predicted molar refractivity (Wildman–Crippen MR) is 62.1 cm³/mol. The number of benzene rings is 1. The number of nitrogens with zero attached hydrogens (tertiary/aromatic N) is 3. The molecule has 3 nitrogen and oxygen atoms in total. The largest absolute Gasteiger partial charge is 0.274 e. The molecule has 0 aliphatic heterocycles. The van der Waals surface area contributed by atoms with Gasteiger partial charge in [-0.2, -0.15) is 10.4 Å². The van der Waals surface area contributed by atoms with Crippen LogP contribution in [0.3, 0.4) is 0 Å². The van der Waals surface area contributed by atoms with Crippen LogP contribution in [0.1, 0.15) is 16.8 Å². The molecule has 1 aromatic carbocycles. The average Bonchev–Trinajstić information content (AvgIpc) is 2.64. The summed E-state index contributed by atoms with van der Waals surface area (Å²) in [4.78, 5) is 0. The van der Waals surface area contributed by atoms with E-state index < -0.39 is 0 Å². The first kappa shape index (κ1) is 11.6. The van der Waals surface area contributed by atoms with E-state index in [-0.39, 0.29) is 5.82 Å². The van der Waals surface area contributed by atoms with Crippen molar-refractivity contribution in [3.8, 4) is 6.07 Å². The maximum absolute atomic E-state index is 13.1. The van der Waals surface area contributed by atoms with Gasteiger partial charge in [-0.15, -0.1) is 0 Å². The standard InChI is InChI=1S/C12H9ClFN3/c1-17-7-9(12(6-15)16-17)4-8-5-10(14)2-3-11(8)13/h2-3,5,7H,4H2,1H3. The Kier molecular flexibility index (Phi) is 3.12. The topological polar surface area (TPSA) is 41.6 Å². The van der Waals surface area contributed by atoms with E-state index in [1.54, 1.807) is 17.9 Å². The summed E-state index contributed by atoms with van der Waals surface area (Å²) in [6.07, 6.45) is 2.13. The van der Waals surface area contributed by atoms with Crippen LogP contribution in [0.4, 0.5) is 4.39 Å². The van der Waals surface area contributed by atoms with Crippen molar-refractivity contribution >= 4 is 11.6 Å². The van der Waals surface area contributed by atoms with Gasteiger partial charge in [0.25, 0.3) is 0 Å². The lowest BCUT2D eigenvalue weighted by molar-refractivity contribution is 0.626. The molecule has 0 saturated carbocycles. The first-order valence-corrected chi connectivity index (χ1v) is 5.34. The number of rotatable bonds is 2. The molecule has 0 aliphatic rings. The predicted octanol–water partition coefficient (Wildman–Crippen LogP) is 2.68. The number of hydrogen-bond donors (Lipinski definition) is 0. The molecule has 0 atom stereocenters. The van der Waals surface area contributed by atoms with E-state index >= 15 is 0 Å². The zero-order valence-corrected chi connectivity index (χ0v) is 9.87. The Morgan fingerprint density at radius 2 is 2.24 bits per heavy atom. The quantitative estimate of drug-likeness (QED) is 0.821. The van der Waals surface area contributed by atoms with E-state index in [2.05, 4.69) is 5.10 Å². The van der Waals surface area contributed by atoms with Gasteiger partial charge < -0.3 is 0 Å². The van der Waals surface area contributed by atoms with Crippen molar-refractivity contribution in [3.63, 3.8) is 0 Å². The van der Waals surface area contributed by atoms with Gasteiger partial charge in [-0.3, -0.25) is 4.68 Å². The van der Waals surface area contributed by atoms with Gasteiger partial charge in [0.15, 0.2) is 5.69 Å². The smallest absolute Gasteiger partial charge is 0.165 e. The SMILES string of the molecule is Cn1cc(Cc2cc(F)ccc2Cl)c(C#N)n1. The van der Waals surface area contributed by atoms with Crippen molar-refractivity contribution in [1.29, 1.82) is 5.26 Å². The Balaban J connectivity index is 2.38. The molecule has 0 spiro atoms. The van der Waals surface area contributed by atoms with Gasteiger partial charge in [0.1, 0.15) is 11.9 Å². The summed E-state index contributed by atoms with van der Waals surface area (Å²) in [7, 11) is 1.73. The molecule has 0 radical (unpaired) electrons. The second-order valence-electron chi connectivity index (χ2n) is 3.70. The zero-order chi connectivity index (χ0) is 12.4. The maximum Gasteiger partial charge on any atom is 0.165 e. The lowest BCUT2D eigenvalue weighted by Gasteiger charge is -2.02. The fourth-order valence-electron chi connectivity index (χ4n) is 1.64. The van der Waals surface area contributed by atoms with Crippen LogP contribution in [0.25, 0.3) is 0 Å². The zero-order valence-electron chi connectivity index (χ0n) is 9.11. The molecule has 1 aromatic heterocycles. The molecule has 2 rings (SSSR count). The van der Waals surface area contributed by atoms with Crippen LogP contribution in [-0.4, -0.2) is 9.78 Å². The van der Waals surface area contributed by atoms with Crippen LogP contribution >= 0.6 is 11.6 Å². The van der Waals surface area contributed by atoms with E-state index in [4.69, 9.17) is 16.9 Å². The van der Waals surface area contributed by atoms with Crippen molar-refractivity contribution in [1.82, 2.24) is 9.78 Å². The van der Waals surface area contributed by atoms with Crippen molar-refractivity contribution in [2.24, 2.45) is 7.05 Å². The second-order valence-corrected chi connectivity index (χ2v) is 4.11. The summed E-state index contributed by atoms with van der Waals surface area (Å²) >= 11 is 5.97. The first-order chi connectivity index (χ1) is 8.10. The van der Waals surface area contributed by atoms with Gasteiger partial charge in [0.2, 0.25) is 0 Å². The summed E-state index contributed by atoms with van der Waals surface area (Å²) in [5.41, 5.74) is 1.73. The molecule has 0 amide bonds. The van der Waals surface area contributed by atoms with Gasteiger partial charge in [-0.25, -0.2) is 4.39 Å². The number of aryl methyl sites for hydroxylation is 1. The molecule has 5 heteroatoms. The number of halogens is 2. The lowest BCUT2D eigenvalue weighted by atomic mass is 10.1. The molecule has 0 bridgehead atoms. The van der Waals surface area contributed by atoms with Crippen LogP contribution < -0.4 is 0 Å². The van der Waals surface area contributed by atoms with Crippen LogP contribution in [0.5, 0.6) is 0 Å². The molecule has 0 saturated heterocycles. The normalized spacial score (nSPS) is 10.2. The molecule has 17 heavy (non-hydrogen) atoms. The van der Waals surface area contributed by atoms with Gasteiger partial charge in [0.05, 0.1) is 0 Å². The third-order valence-electron chi connectivity index (χ3n) is 2.40. The third kappa shape index (κ3) is 2.45. The minimum Gasteiger partial charge on any atom is -0.274 e. The van der Waals surface area contributed by atoms with E-state index in [9.17, 15) is 4.39 Å². The van der Waals surface area contributed by atoms with Crippen molar-refractivity contribution < 1.29 is 4.39 Å². The Labute approximate surface area is 103 Å². The second kappa shape index (κ2) is 4.56. The molecular weight excluding hydrogens is 241 g/mol. The lowest BCUT2D eigenvalue weighted by Crippen LogP contribution is -1.92. The molecular formula is C12H9ClFN3. The highest BCUT2D eigenvalue weighted by atomic mass is 35.5. The monoisotopic (exact) mass is 249 g/mol. The van der Waals surface area contributed by atoms with Crippen LogP contribution in [0, 0.1) is 17.1 Å². The highest BCUT2D eigenvalue weighted by molar-refractivity contribution is 6.31. The van der Waals surface area contributed by atoms with Gasteiger partial charge in [0, 0.05) is 30.3 Å². The minimum absolute atomic E-state index is 0.341. The van der Waals surface area contributed by atoms with Gasteiger partial charge in [-0.05, 0) is 23.8 Å². The number of nitriles is 1. The van der Waals surface area contributed by atoms with Crippen molar-refractivity contribution in [3.05, 3.63) is 52.1 Å². The molecule has 0 aliphatic carbocycles. The molecule has 86 valence electrons. The van der Waals surface area contributed by atoms with E-state index in [0.717, 1.165) is 5.56 Å². The molecule has 2 aromatic rings. The Morgan fingerprint density at radius 3 is 2.94 bits per heavy atom. The van der Waals surface area contributed by atoms with E-state index in [1.807, 2.05) is 6.07 Å². The Morgan fingerprint density at radius 1 is 1.47 bits per heavy atom. The molecule has 0 unspecified atom stereocenters. The summed E-state index contributed by atoms with van der Waals surface area (Å²) in [6, 6.07) is 6.19. The van der Waals surface area contributed by atoms with Crippen molar-refractivity contribution in [2.75, 3.05) is 0 Å². The number of hydrogen-bond acceptors (Lipinski definition) is 2. The Bertz CT molecular complexity index is 598. The summed E-state index contributed by atoms with van der Waals surface area (Å²) < 4.78 is 14.6. The molecule has 0 N–H and O–H groups in total. The highest BCUT2D eigenvalue weighted by Gasteiger charge is 2.10. The van der Waals surface area contributed by atoms with Gasteiger partial charge >= 0.3 is 0 Å². The summed E-state index contributed by atoms with van der Waals surface area (Å²) in [5.74, 6) is -0.341. The fourth-order valence-corrected chi connectivity index (χ4v) is 1.83.